The summed E-state index contributed by atoms with van der Waals surface area (Å²) >= 11 is 7.66. The van der Waals surface area contributed by atoms with E-state index in [-0.39, 0.29) is 0 Å². The number of hydrogen-bond donors (Lipinski definition) is 2. The van der Waals surface area contributed by atoms with Crippen molar-refractivity contribution < 1.29 is 14.3 Å². The molecule has 0 unspecified atom stereocenters. The first-order chi connectivity index (χ1) is 18.8. The summed E-state index contributed by atoms with van der Waals surface area (Å²) in [5.41, 5.74) is 4.77. The molecule has 8 nitrogen and oxygen atoms in total. The average Bonchev–Trinajstić information content (AvgIpc) is 3.37. The molecule has 1 aromatic carbocycles. The number of anilines is 1. The normalized spacial score (nSPS) is 12.2. The van der Waals surface area contributed by atoms with Gasteiger partial charge in [0.05, 0.1) is 15.7 Å². The third-order valence-corrected chi connectivity index (χ3v) is 10.1. The second kappa shape index (κ2) is 12.6. The number of amides is 1. The number of nitrogens with one attached hydrogen (secondary N) is 2. The van der Waals surface area contributed by atoms with E-state index < -0.39 is 19.8 Å². The van der Waals surface area contributed by atoms with Crippen LogP contribution >= 0.6 is 31.9 Å². The number of aryl methyl sites for hydroxylation is 1. The van der Waals surface area contributed by atoms with Crippen molar-refractivity contribution in [1.82, 2.24) is 19.5 Å². The number of imidazole rings is 1. The number of halogens is 2. The molecule has 3 aromatic heterocycles. The summed E-state index contributed by atoms with van der Waals surface area (Å²) in [7, 11) is -1.23. The van der Waals surface area contributed by atoms with Crippen LogP contribution in [-0.2, 0) is 29.0 Å². The van der Waals surface area contributed by atoms with Crippen molar-refractivity contribution in [2.45, 2.75) is 71.6 Å². The second-order valence-electron chi connectivity index (χ2n) is 12.0. The molecule has 4 rings (SSSR count). The van der Waals surface area contributed by atoms with Crippen LogP contribution in [0.5, 0.6) is 0 Å². The molecule has 2 N–H and O–H groups in total. The molecular weight excluding hydrogens is 654 g/mol. The molecule has 0 aliphatic rings. The second-order valence-corrected chi connectivity index (χ2v) is 19.1. The summed E-state index contributed by atoms with van der Waals surface area (Å²) in [6, 6.07) is 13.4. The van der Waals surface area contributed by atoms with E-state index in [0.717, 1.165) is 44.7 Å². The summed E-state index contributed by atoms with van der Waals surface area (Å²) in [6.07, 6.45) is 2.82. The number of hydrogen-bond acceptors (Lipinski definition) is 5. The number of carbonyl (C=O) groups excluding carboxylic acids is 1. The molecule has 11 heteroatoms. The summed E-state index contributed by atoms with van der Waals surface area (Å²) in [5.74, 6) is 0.298. The zero-order chi connectivity index (χ0) is 29.1. The predicted molar refractivity (Wildman–Crippen MR) is 171 cm³/mol. The number of aromatic nitrogens is 4. The van der Waals surface area contributed by atoms with E-state index in [1.807, 2.05) is 32.9 Å². The molecule has 4 aromatic rings. The molecule has 0 aliphatic heterocycles. The summed E-state index contributed by atoms with van der Waals surface area (Å²) in [4.78, 5) is 25.1. The van der Waals surface area contributed by atoms with Crippen LogP contribution in [0.25, 0.3) is 22.4 Å². The van der Waals surface area contributed by atoms with Gasteiger partial charge in [-0.1, -0.05) is 50.0 Å². The van der Waals surface area contributed by atoms with Gasteiger partial charge in [0.1, 0.15) is 28.1 Å². The first-order valence-corrected chi connectivity index (χ1v) is 18.6. The van der Waals surface area contributed by atoms with Gasteiger partial charge < -0.3 is 19.0 Å². The molecular formula is C29H37Br2N5O3Si. The molecule has 0 bridgehead atoms. The van der Waals surface area contributed by atoms with Gasteiger partial charge >= 0.3 is 6.09 Å². The third-order valence-electron chi connectivity index (χ3n) is 6.21. The maximum atomic E-state index is 12.4. The number of H-pyrrole nitrogens is 1. The van der Waals surface area contributed by atoms with Crippen molar-refractivity contribution in [3.05, 3.63) is 62.8 Å². The van der Waals surface area contributed by atoms with E-state index in [1.165, 1.54) is 5.56 Å². The minimum atomic E-state index is -1.23. The lowest BCUT2D eigenvalue weighted by atomic mass is 10.0. The van der Waals surface area contributed by atoms with Crippen LogP contribution in [0.3, 0.4) is 0 Å². The highest BCUT2D eigenvalue weighted by molar-refractivity contribution is 9.13. The zero-order valence-electron chi connectivity index (χ0n) is 23.9. The molecule has 0 atom stereocenters. The molecule has 214 valence electrons. The Morgan fingerprint density at radius 1 is 1.10 bits per heavy atom. The fourth-order valence-corrected chi connectivity index (χ4v) is 6.12. The number of ether oxygens (including phenoxy) is 2. The quantitative estimate of drug-likeness (QED) is 0.129. The molecule has 0 radical (unpaired) electrons. The fraction of sp³-hybridized carbons (Fsp3) is 0.414. The van der Waals surface area contributed by atoms with Crippen LogP contribution in [-0.4, -0.2) is 45.9 Å². The van der Waals surface area contributed by atoms with Gasteiger partial charge in [-0.2, -0.15) is 0 Å². The van der Waals surface area contributed by atoms with E-state index >= 15 is 0 Å². The van der Waals surface area contributed by atoms with Crippen LogP contribution in [0, 0.1) is 0 Å². The Balaban J connectivity index is 1.74. The van der Waals surface area contributed by atoms with Gasteiger partial charge in [0, 0.05) is 20.9 Å². The maximum absolute atomic E-state index is 12.4. The third kappa shape index (κ3) is 7.83. The van der Waals surface area contributed by atoms with E-state index in [0.29, 0.717) is 30.5 Å². The highest BCUT2D eigenvalue weighted by Gasteiger charge is 2.25. The summed E-state index contributed by atoms with van der Waals surface area (Å²) in [6.45, 7) is 13.6. The van der Waals surface area contributed by atoms with Crippen LogP contribution in [0.2, 0.25) is 25.7 Å². The molecule has 0 saturated carbocycles. The monoisotopic (exact) mass is 689 g/mol. The minimum absolute atomic E-state index is 0.298. The standard InChI is InChI=1S/C29H37Br2N5O3Si/c1-29(2,3)39-28(37)35-27-33-21-14-15-32-24(23(21)34-27)25-20(13-12-19-10-8-7-9-11-19)22(30)26(31)36(25)18-38-16-17-40(4,5)6/h7-11,14-15H,12-13,16-18H2,1-6H3,(H2,33,34,35,37). The van der Waals surface area contributed by atoms with Gasteiger partial charge in [-0.15, -0.1) is 0 Å². The van der Waals surface area contributed by atoms with Crippen LogP contribution in [0.15, 0.2) is 51.7 Å². The average molecular weight is 692 g/mol. The molecule has 1 amide bonds. The molecule has 3 heterocycles. The first-order valence-electron chi connectivity index (χ1n) is 13.4. The van der Waals surface area contributed by atoms with Crippen LogP contribution in [0.4, 0.5) is 10.7 Å². The molecule has 0 fully saturated rings. The number of nitrogens with zero attached hydrogens (tertiary/aromatic N) is 3. The number of benzene rings is 1. The van der Waals surface area contributed by atoms with Crippen molar-refractivity contribution in [2.75, 3.05) is 11.9 Å². The van der Waals surface area contributed by atoms with Gasteiger partial charge in [0.15, 0.2) is 0 Å². The fourth-order valence-electron chi connectivity index (χ4n) is 4.24. The largest absolute Gasteiger partial charge is 0.444 e. The van der Waals surface area contributed by atoms with E-state index in [4.69, 9.17) is 19.4 Å². The summed E-state index contributed by atoms with van der Waals surface area (Å²) in [5, 5.41) is 2.71. The minimum Gasteiger partial charge on any atom is -0.444 e. The lowest BCUT2D eigenvalue weighted by molar-refractivity contribution is 0.0635. The zero-order valence-corrected chi connectivity index (χ0v) is 28.1. The number of pyridine rings is 1. The van der Waals surface area contributed by atoms with E-state index in [9.17, 15) is 4.79 Å². The Bertz CT molecular complexity index is 1470. The Hall–Kier alpha value is -2.47. The smallest absolute Gasteiger partial charge is 0.414 e. The number of fused-ring (bicyclic) bond motifs is 1. The summed E-state index contributed by atoms with van der Waals surface area (Å²) < 4.78 is 15.6. The van der Waals surface area contributed by atoms with E-state index in [2.05, 4.69) is 90.6 Å². The van der Waals surface area contributed by atoms with Crippen molar-refractivity contribution >= 4 is 63.0 Å². The maximum Gasteiger partial charge on any atom is 0.414 e. The van der Waals surface area contributed by atoms with Crippen LogP contribution < -0.4 is 5.32 Å². The van der Waals surface area contributed by atoms with Crippen molar-refractivity contribution in [3.8, 4) is 11.4 Å². The SMILES string of the molecule is CC(C)(C)OC(=O)Nc1nc2c(-c3c(CCc4ccccc4)c(Br)c(Br)n3COCC[Si](C)(C)C)nccc2[nH]1. The van der Waals surface area contributed by atoms with Gasteiger partial charge in [-0.05, 0) is 88.7 Å². The van der Waals surface area contributed by atoms with Gasteiger partial charge in [-0.3, -0.25) is 10.3 Å². The molecule has 0 spiro atoms. The van der Waals surface area contributed by atoms with Crippen molar-refractivity contribution in [2.24, 2.45) is 0 Å². The molecule has 0 saturated heterocycles. The Kier molecular flexibility index (Phi) is 9.59. The van der Waals surface area contributed by atoms with Crippen molar-refractivity contribution in [1.29, 1.82) is 0 Å². The molecule has 40 heavy (non-hydrogen) atoms. The van der Waals surface area contributed by atoms with E-state index in [1.54, 1.807) is 6.20 Å². The predicted octanol–water partition coefficient (Wildman–Crippen LogP) is 8.40. The lowest BCUT2D eigenvalue weighted by Gasteiger charge is -2.18. The number of carbonyl (C=O) groups is 1. The van der Waals surface area contributed by atoms with Crippen LogP contribution in [0.1, 0.15) is 31.9 Å². The lowest BCUT2D eigenvalue weighted by Crippen LogP contribution is -2.27. The van der Waals surface area contributed by atoms with Gasteiger partial charge in [0.25, 0.3) is 0 Å². The first kappa shape index (κ1) is 30.5. The molecule has 0 aliphatic carbocycles. The highest BCUT2D eigenvalue weighted by Crippen LogP contribution is 2.40. The number of aromatic amines is 1. The van der Waals surface area contributed by atoms with Gasteiger partial charge in [-0.25, -0.2) is 9.78 Å². The highest BCUT2D eigenvalue weighted by atomic mass is 79.9. The van der Waals surface area contributed by atoms with Crippen molar-refractivity contribution in [3.63, 3.8) is 0 Å². The van der Waals surface area contributed by atoms with Gasteiger partial charge in [0.2, 0.25) is 5.95 Å². The number of rotatable bonds is 10. The Labute approximate surface area is 253 Å². The topological polar surface area (TPSA) is 94.1 Å². The Morgan fingerprint density at radius 2 is 1.82 bits per heavy atom. The Morgan fingerprint density at radius 3 is 2.50 bits per heavy atom.